The summed E-state index contributed by atoms with van der Waals surface area (Å²) in [6, 6.07) is -0.828. The van der Waals surface area contributed by atoms with Crippen LogP contribution in [0.1, 0.15) is 367 Å². The summed E-state index contributed by atoms with van der Waals surface area (Å²) < 4.78 is 11.3. The molecule has 0 aromatic rings. The van der Waals surface area contributed by atoms with E-state index in [4.69, 9.17) is 9.47 Å². The van der Waals surface area contributed by atoms with Gasteiger partial charge in [-0.1, -0.05) is 352 Å². The first-order valence-electron chi connectivity index (χ1n) is 36.2. The molecule has 1 aliphatic rings. The van der Waals surface area contributed by atoms with Gasteiger partial charge in [0.25, 0.3) is 0 Å². The highest BCUT2D eigenvalue weighted by Crippen LogP contribution is 2.24. The standard InChI is InChI=1S/C73H139NO8/c1-3-5-7-9-11-13-15-17-19-21-23-25-27-29-30-31-32-33-34-35-36-37-38-39-41-43-45-47-49-51-53-55-57-59-61-63-69(77)74-66(65-81-73-72(80)71(79)70(78)68(64-75)82-73)67(76)62-60-58-56-54-52-50-48-46-44-42-40-28-26-24-22-20-18-16-14-12-10-8-6-4-2/h44,46,52,54,60,62,66-68,70-73,75-76,78-80H,3-43,45,47-51,53,55-59,61,63-65H2,1-2H3,(H,74,77)/b46-44+,54-52+,62-60+. The zero-order valence-corrected chi connectivity index (χ0v) is 54.3. The number of ether oxygens (including phenoxy) is 2. The lowest BCUT2D eigenvalue weighted by Gasteiger charge is -2.40. The van der Waals surface area contributed by atoms with Gasteiger partial charge in [0.05, 0.1) is 25.4 Å². The fourth-order valence-electron chi connectivity index (χ4n) is 11.8. The predicted molar refractivity (Wildman–Crippen MR) is 350 cm³/mol. The summed E-state index contributed by atoms with van der Waals surface area (Å²) in [6.07, 6.45) is 77.0. The third kappa shape index (κ3) is 50.6. The van der Waals surface area contributed by atoms with Crippen LogP contribution in [0.3, 0.4) is 0 Å². The Balaban J connectivity index is 2.11. The van der Waals surface area contributed by atoms with Gasteiger partial charge in [-0.25, -0.2) is 0 Å². The Morgan fingerprint density at radius 1 is 0.402 bits per heavy atom. The summed E-state index contributed by atoms with van der Waals surface area (Å²) in [4.78, 5) is 13.1. The van der Waals surface area contributed by atoms with E-state index < -0.39 is 49.5 Å². The lowest BCUT2D eigenvalue weighted by atomic mass is 9.99. The Hall–Kier alpha value is -1.59. The highest BCUT2D eigenvalue weighted by atomic mass is 16.7. The molecule has 1 rings (SSSR count). The molecule has 0 aliphatic carbocycles. The van der Waals surface area contributed by atoms with E-state index in [1.165, 1.54) is 302 Å². The van der Waals surface area contributed by atoms with Crippen molar-refractivity contribution < 1.29 is 39.8 Å². The largest absolute Gasteiger partial charge is 0.394 e. The van der Waals surface area contributed by atoms with Crippen LogP contribution < -0.4 is 5.32 Å². The highest BCUT2D eigenvalue weighted by Gasteiger charge is 2.44. The molecular formula is C73H139NO8. The molecule has 1 heterocycles. The molecule has 0 saturated carbocycles. The number of allylic oxidation sites excluding steroid dienone is 5. The maximum atomic E-state index is 13.1. The van der Waals surface area contributed by atoms with Crippen molar-refractivity contribution >= 4 is 5.91 Å². The van der Waals surface area contributed by atoms with Crippen molar-refractivity contribution in [2.75, 3.05) is 13.2 Å². The number of rotatable bonds is 64. The zero-order chi connectivity index (χ0) is 59.3. The van der Waals surface area contributed by atoms with Crippen LogP contribution in [0.5, 0.6) is 0 Å². The van der Waals surface area contributed by atoms with Gasteiger partial charge in [-0.05, 0) is 44.9 Å². The minimum atomic E-state index is -1.57. The molecule has 0 radical (unpaired) electrons. The quantitative estimate of drug-likeness (QED) is 0.0261. The van der Waals surface area contributed by atoms with Crippen LogP contribution in [0.2, 0.25) is 0 Å². The molecule has 1 amide bonds. The normalized spacial score (nSPS) is 18.5. The Bertz CT molecular complexity index is 1390. The summed E-state index contributed by atoms with van der Waals surface area (Å²) in [5, 5.41) is 54.7. The van der Waals surface area contributed by atoms with Gasteiger partial charge in [0.2, 0.25) is 5.91 Å². The van der Waals surface area contributed by atoms with Crippen molar-refractivity contribution in [1.29, 1.82) is 0 Å². The van der Waals surface area contributed by atoms with Crippen molar-refractivity contribution in [1.82, 2.24) is 5.32 Å². The molecule has 82 heavy (non-hydrogen) atoms. The molecule has 1 saturated heterocycles. The maximum absolute atomic E-state index is 13.1. The smallest absolute Gasteiger partial charge is 0.220 e. The molecule has 9 heteroatoms. The number of unbranched alkanes of at least 4 members (excludes halogenated alkanes) is 50. The number of carbonyl (C=O) groups is 1. The Kier molecular flexibility index (Phi) is 59.7. The fourth-order valence-corrected chi connectivity index (χ4v) is 11.8. The molecule has 0 spiro atoms. The maximum Gasteiger partial charge on any atom is 0.220 e. The second kappa shape index (κ2) is 62.5. The number of carbonyl (C=O) groups excluding carboxylic acids is 1. The second-order valence-electron chi connectivity index (χ2n) is 25.4. The lowest BCUT2D eigenvalue weighted by Crippen LogP contribution is -2.60. The number of aliphatic hydroxyl groups excluding tert-OH is 5. The summed E-state index contributed by atoms with van der Waals surface area (Å²) >= 11 is 0. The monoisotopic (exact) mass is 1160 g/mol. The van der Waals surface area contributed by atoms with Gasteiger partial charge < -0.3 is 40.3 Å². The van der Waals surface area contributed by atoms with Gasteiger partial charge >= 0.3 is 0 Å². The Morgan fingerprint density at radius 2 is 0.695 bits per heavy atom. The molecule has 7 atom stereocenters. The zero-order valence-electron chi connectivity index (χ0n) is 54.3. The van der Waals surface area contributed by atoms with Crippen molar-refractivity contribution in [2.24, 2.45) is 0 Å². The van der Waals surface area contributed by atoms with E-state index >= 15 is 0 Å². The minimum absolute atomic E-state index is 0.183. The molecule has 484 valence electrons. The minimum Gasteiger partial charge on any atom is -0.394 e. The van der Waals surface area contributed by atoms with Gasteiger partial charge in [0, 0.05) is 6.42 Å². The number of nitrogens with one attached hydrogen (secondary N) is 1. The van der Waals surface area contributed by atoms with Crippen LogP contribution in [0.4, 0.5) is 0 Å². The number of amides is 1. The van der Waals surface area contributed by atoms with Crippen molar-refractivity contribution in [3.05, 3.63) is 36.5 Å². The molecular weight excluding hydrogens is 1020 g/mol. The van der Waals surface area contributed by atoms with Crippen molar-refractivity contribution in [3.63, 3.8) is 0 Å². The first-order chi connectivity index (χ1) is 40.3. The highest BCUT2D eigenvalue weighted by molar-refractivity contribution is 5.76. The third-order valence-electron chi connectivity index (χ3n) is 17.4. The molecule has 0 bridgehead atoms. The van der Waals surface area contributed by atoms with Gasteiger partial charge in [-0.2, -0.15) is 0 Å². The molecule has 1 aliphatic heterocycles. The van der Waals surface area contributed by atoms with Gasteiger partial charge in [0.1, 0.15) is 24.4 Å². The molecule has 6 N–H and O–H groups in total. The van der Waals surface area contributed by atoms with E-state index in [-0.39, 0.29) is 12.5 Å². The number of hydrogen-bond donors (Lipinski definition) is 6. The van der Waals surface area contributed by atoms with Crippen LogP contribution in [0.25, 0.3) is 0 Å². The van der Waals surface area contributed by atoms with Gasteiger partial charge in [-0.3, -0.25) is 4.79 Å². The first kappa shape index (κ1) is 78.4. The Morgan fingerprint density at radius 3 is 1.02 bits per heavy atom. The topological polar surface area (TPSA) is 149 Å². The van der Waals surface area contributed by atoms with Crippen molar-refractivity contribution in [3.8, 4) is 0 Å². The van der Waals surface area contributed by atoms with E-state index in [0.717, 1.165) is 44.9 Å². The summed E-state index contributed by atoms with van der Waals surface area (Å²) in [7, 11) is 0. The van der Waals surface area contributed by atoms with Crippen LogP contribution in [0.15, 0.2) is 36.5 Å². The summed E-state index contributed by atoms with van der Waals surface area (Å²) in [5.74, 6) is -0.183. The van der Waals surface area contributed by atoms with E-state index in [2.05, 4.69) is 43.5 Å². The predicted octanol–water partition coefficient (Wildman–Crippen LogP) is 19.8. The average molecular weight is 1160 g/mol. The third-order valence-corrected chi connectivity index (χ3v) is 17.4. The van der Waals surface area contributed by atoms with Crippen LogP contribution in [0, 0.1) is 0 Å². The van der Waals surface area contributed by atoms with E-state index in [1.807, 2.05) is 6.08 Å². The molecule has 0 aromatic carbocycles. The average Bonchev–Trinajstić information content (AvgIpc) is 3.57. The molecule has 1 fully saturated rings. The lowest BCUT2D eigenvalue weighted by molar-refractivity contribution is -0.302. The van der Waals surface area contributed by atoms with E-state index in [0.29, 0.717) is 6.42 Å². The molecule has 0 aromatic heterocycles. The fraction of sp³-hybridized carbons (Fsp3) is 0.904. The van der Waals surface area contributed by atoms with E-state index in [9.17, 15) is 30.3 Å². The second-order valence-corrected chi connectivity index (χ2v) is 25.4. The van der Waals surface area contributed by atoms with Crippen LogP contribution in [-0.4, -0.2) is 87.5 Å². The summed E-state index contributed by atoms with van der Waals surface area (Å²) in [6.45, 7) is 3.81. The number of aliphatic hydroxyl groups is 5. The number of hydrogen-bond acceptors (Lipinski definition) is 8. The Labute approximate surface area is 508 Å². The van der Waals surface area contributed by atoms with Gasteiger partial charge in [0.15, 0.2) is 6.29 Å². The molecule has 7 unspecified atom stereocenters. The van der Waals surface area contributed by atoms with Crippen LogP contribution in [-0.2, 0) is 14.3 Å². The van der Waals surface area contributed by atoms with Gasteiger partial charge in [-0.15, -0.1) is 0 Å². The SMILES string of the molecule is CCCCCCCCCCCCCCCC/C=C/CC/C=C/CC/C=C/C(O)C(COC1OC(CO)C(O)C(O)C1O)NC(=O)CCCCCCCCCCCCCCCCCCCCCCCCCCCCCCCCCCCCC. The summed E-state index contributed by atoms with van der Waals surface area (Å²) in [5.41, 5.74) is 0. The molecule has 9 nitrogen and oxygen atoms in total. The van der Waals surface area contributed by atoms with Crippen LogP contribution >= 0.6 is 0 Å². The first-order valence-corrected chi connectivity index (χ1v) is 36.2. The van der Waals surface area contributed by atoms with E-state index in [1.54, 1.807) is 6.08 Å². The van der Waals surface area contributed by atoms with Crippen molar-refractivity contribution in [2.45, 2.75) is 410 Å².